The first-order valence-corrected chi connectivity index (χ1v) is 3.93. The van der Waals surface area contributed by atoms with Crippen molar-refractivity contribution < 1.29 is 9.05 Å². The average Bonchev–Trinajstić information content (AvgIpc) is 2.27. The number of para-hydroxylation sites is 2. The van der Waals surface area contributed by atoms with E-state index < -0.39 is 8.01 Å². The van der Waals surface area contributed by atoms with Crippen molar-refractivity contribution in [1.29, 1.82) is 5.00 Å². The van der Waals surface area contributed by atoms with Crippen LogP contribution in [0.15, 0.2) is 24.3 Å². The molecule has 2 rings (SSSR count). The minimum absolute atomic E-state index is 0.621. The summed E-state index contributed by atoms with van der Waals surface area (Å²) in [5, 5.41) is 8.87. The molecule has 0 aliphatic carbocycles. The topological polar surface area (TPSA) is 42.2 Å². The van der Waals surface area contributed by atoms with E-state index in [9.17, 15) is 0 Å². The van der Waals surface area contributed by atoms with E-state index in [0.717, 1.165) is 0 Å². The Balaban J connectivity index is 2.54. The molecule has 1 aromatic carbocycles. The van der Waals surface area contributed by atoms with Crippen molar-refractivity contribution in [2.75, 3.05) is 0 Å². The lowest BCUT2D eigenvalue weighted by atomic mass is 10.3. The molecule has 50 valence electrons. The second-order valence-electron chi connectivity index (χ2n) is 1.87. The molecule has 0 amide bonds. The van der Waals surface area contributed by atoms with Crippen LogP contribution in [0.25, 0.3) is 0 Å². The van der Waals surface area contributed by atoms with Crippen LogP contribution in [0.3, 0.4) is 0 Å². The van der Waals surface area contributed by atoms with Gasteiger partial charge in [0.15, 0.2) is 11.5 Å². The zero-order chi connectivity index (χ0) is 6.97. The van der Waals surface area contributed by atoms with Crippen molar-refractivity contribution in [2.45, 2.75) is 0 Å². The van der Waals surface area contributed by atoms with Crippen molar-refractivity contribution in [2.24, 2.45) is 0 Å². The van der Waals surface area contributed by atoms with Gasteiger partial charge < -0.3 is 9.05 Å². The molecule has 1 aliphatic rings. The minimum Gasteiger partial charge on any atom is -0.389 e. The Hall–Kier alpha value is -1.17. The van der Waals surface area contributed by atoms with E-state index in [-0.39, 0.29) is 0 Å². The molecule has 0 N–H and O–H groups in total. The van der Waals surface area contributed by atoms with Crippen molar-refractivity contribution in [1.82, 2.24) is 0 Å². The minimum atomic E-state index is -1.69. The van der Waals surface area contributed by atoms with Gasteiger partial charge in [0.1, 0.15) is 0 Å². The number of hydrogen-bond acceptors (Lipinski definition) is 3. The Morgan fingerprint density at radius 1 is 1.10 bits per heavy atom. The summed E-state index contributed by atoms with van der Waals surface area (Å²) >= 11 is 0. The molecule has 1 heterocycles. The van der Waals surface area contributed by atoms with Crippen molar-refractivity contribution in [3.63, 3.8) is 0 Å². The highest BCUT2D eigenvalue weighted by atomic mass is 31.1. The van der Waals surface area contributed by atoms with Gasteiger partial charge in [0.25, 0.3) is 0 Å². The maximum absolute atomic E-state index is 8.87. The highest BCUT2D eigenvalue weighted by molar-refractivity contribution is 7.33. The van der Waals surface area contributed by atoms with Crippen LogP contribution in [0.1, 0.15) is 0 Å². The first kappa shape index (κ1) is 5.60. The summed E-state index contributed by atoms with van der Waals surface area (Å²) in [6.07, 6.45) is 0. The highest BCUT2D eigenvalue weighted by Gasteiger charge is 2.17. The molecule has 3 nitrogen and oxygen atoms in total. The molecule has 4 heteroatoms. The monoisotopic (exact) mass is 153 g/mol. The maximum atomic E-state index is 8.87. The normalized spacial score (nSPS) is 13.7. The van der Waals surface area contributed by atoms with Crippen LogP contribution in [0.4, 0.5) is 0 Å². The fourth-order valence-corrected chi connectivity index (χ4v) is 1.46. The van der Waals surface area contributed by atoms with Gasteiger partial charge in [-0.2, -0.15) is 5.00 Å². The molecule has 0 bridgehead atoms. The van der Waals surface area contributed by atoms with E-state index in [1.807, 2.05) is 12.1 Å². The Morgan fingerprint density at radius 2 is 1.60 bits per heavy atom. The summed E-state index contributed by atoms with van der Waals surface area (Å²) in [4.78, 5) is 0. The molecule has 0 aromatic heterocycles. The SMILES string of the molecule is N#P1Oc2ccccc2O1. The smallest absolute Gasteiger partial charge is 0.389 e. The first-order chi connectivity index (χ1) is 4.86. The molecule has 0 atom stereocenters. The van der Waals surface area contributed by atoms with Crippen LogP contribution in [0.5, 0.6) is 11.5 Å². The Kier molecular flexibility index (Phi) is 1.07. The fraction of sp³-hybridized carbons (Fsp3) is 0. The van der Waals surface area contributed by atoms with Crippen LogP contribution in [-0.2, 0) is 0 Å². The molecule has 1 aliphatic heterocycles. The predicted molar refractivity (Wildman–Crippen MR) is 36.3 cm³/mol. The van der Waals surface area contributed by atoms with Crippen LogP contribution in [-0.4, -0.2) is 0 Å². The second-order valence-corrected chi connectivity index (χ2v) is 2.71. The van der Waals surface area contributed by atoms with Gasteiger partial charge in [-0.25, -0.2) is 0 Å². The molecule has 0 saturated carbocycles. The Morgan fingerprint density at radius 3 is 2.10 bits per heavy atom. The van der Waals surface area contributed by atoms with Crippen LogP contribution < -0.4 is 9.05 Å². The third-order valence-electron chi connectivity index (χ3n) is 1.20. The third kappa shape index (κ3) is 0.730. The maximum Gasteiger partial charge on any atom is 0.459 e. The van der Waals surface area contributed by atoms with Crippen molar-refractivity contribution >= 4 is 8.01 Å². The molecule has 0 radical (unpaired) electrons. The van der Waals surface area contributed by atoms with Crippen molar-refractivity contribution in [3.8, 4) is 11.5 Å². The first-order valence-electron chi connectivity index (χ1n) is 2.80. The average molecular weight is 153 g/mol. The van der Waals surface area contributed by atoms with Gasteiger partial charge in [0.05, 0.1) is 0 Å². The number of hydrogen-bond donors (Lipinski definition) is 0. The Labute approximate surface area is 58.7 Å². The summed E-state index contributed by atoms with van der Waals surface area (Å²) in [7, 11) is -1.69. The molecule has 0 unspecified atom stereocenters. The quantitative estimate of drug-likeness (QED) is 0.536. The predicted octanol–water partition coefficient (Wildman–Crippen LogP) is 2.25. The van der Waals surface area contributed by atoms with E-state index in [1.165, 1.54) is 0 Å². The van der Waals surface area contributed by atoms with Gasteiger partial charge in [-0.15, -0.1) is 0 Å². The third-order valence-corrected chi connectivity index (χ3v) is 1.91. The second kappa shape index (κ2) is 1.91. The lowest BCUT2D eigenvalue weighted by molar-refractivity contribution is 0.590. The lowest BCUT2D eigenvalue weighted by Crippen LogP contribution is -1.66. The van der Waals surface area contributed by atoms with E-state index in [0.29, 0.717) is 11.5 Å². The van der Waals surface area contributed by atoms with Gasteiger partial charge in [0.2, 0.25) is 0 Å². The van der Waals surface area contributed by atoms with Gasteiger partial charge >= 0.3 is 8.01 Å². The van der Waals surface area contributed by atoms with Gasteiger partial charge in [-0.1, -0.05) is 12.1 Å². The van der Waals surface area contributed by atoms with Crippen LogP contribution in [0.2, 0.25) is 0 Å². The summed E-state index contributed by atoms with van der Waals surface area (Å²) in [6.45, 7) is 0. The van der Waals surface area contributed by atoms with Crippen molar-refractivity contribution in [3.05, 3.63) is 24.3 Å². The lowest BCUT2D eigenvalue weighted by Gasteiger charge is -1.87. The largest absolute Gasteiger partial charge is 0.459 e. The van der Waals surface area contributed by atoms with Gasteiger partial charge in [0, 0.05) is 0 Å². The van der Waals surface area contributed by atoms with Gasteiger partial charge in [-0.05, 0) is 12.1 Å². The highest BCUT2D eigenvalue weighted by Crippen LogP contribution is 2.43. The molecular formula is C6H4NO2P. The number of benzene rings is 1. The fourth-order valence-electron chi connectivity index (χ4n) is 0.788. The van der Waals surface area contributed by atoms with Crippen LogP contribution >= 0.6 is 8.01 Å². The number of fused-ring (bicyclic) bond motifs is 1. The summed E-state index contributed by atoms with van der Waals surface area (Å²) < 4.78 is 9.81. The standard InChI is InChI=1S/C6H4NO2P/c7-10-8-5-3-1-2-4-6(5)9-10/h1-4H. The molecule has 0 saturated heterocycles. The summed E-state index contributed by atoms with van der Waals surface area (Å²) in [5.74, 6) is 1.24. The molecule has 1 aromatic rings. The zero-order valence-electron chi connectivity index (χ0n) is 5.02. The van der Waals surface area contributed by atoms with E-state index in [2.05, 4.69) is 0 Å². The molecular weight excluding hydrogens is 149 g/mol. The molecule has 10 heavy (non-hydrogen) atoms. The summed E-state index contributed by atoms with van der Waals surface area (Å²) in [5.41, 5.74) is 0. The van der Waals surface area contributed by atoms with Gasteiger partial charge in [-0.3, -0.25) is 0 Å². The Bertz CT molecular complexity index is 299. The van der Waals surface area contributed by atoms with E-state index >= 15 is 0 Å². The van der Waals surface area contributed by atoms with Crippen LogP contribution in [0, 0.1) is 5.00 Å². The zero-order valence-corrected chi connectivity index (χ0v) is 5.91. The van der Waals surface area contributed by atoms with E-state index in [4.69, 9.17) is 14.0 Å². The molecule has 0 spiro atoms. The number of nitrogens with zero attached hydrogens (tertiary/aromatic N) is 1. The number of rotatable bonds is 0. The molecule has 0 fully saturated rings. The summed E-state index contributed by atoms with van der Waals surface area (Å²) in [6, 6.07) is 7.18. The van der Waals surface area contributed by atoms with E-state index in [1.54, 1.807) is 12.1 Å².